The number of carbonyl (C=O) groups excluding carboxylic acids is 1. The molecule has 2 aromatic rings. The second-order valence-corrected chi connectivity index (χ2v) is 6.21. The summed E-state index contributed by atoms with van der Waals surface area (Å²) < 4.78 is 1.57. The van der Waals surface area contributed by atoms with Gasteiger partial charge in [-0.25, -0.2) is 14.6 Å². The fourth-order valence-electron chi connectivity index (χ4n) is 2.80. The Morgan fingerprint density at radius 2 is 2.32 bits per heavy atom. The molecular weight excluding hydrogens is 280 g/mol. The summed E-state index contributed by atoms with van der Waals surface area (Å²) in [6.45, 7) is 5.12. The SMILES string of the molecule is CC1(C)CCCNC1C(=O)Nc1ccc(-n2cncn2)nc1. The van der Waals surface area contributed by atoms with Gasteiger partial charge >= 0.3 is 0 Å². The van der Waals surface area contributed by atoms with E-state index in [2.05, 4.69) is 39.5 Å². The summed E-state index contributed by atoms with van der Waals surface area (Å²) in [4.78, 5) is 20.6. The van der Waals surface area contributed by atoms with Gasteiger partial charge in [0, 0.05) is 0 Å². The Hall–Kier alpha value is -2.28. The van der Waals surface area contributed by atoms with Crippen molar-refractivity contribution < 1.29 is 4.79 Å². The first-order valence-corrected chi connectivity index (χ1v) is 7.41. The van der Waals surface area contributed by atoms with E-state index in [0.29, 0.717) is 11.5 Å². The third-order valence-electron chi connectivity index (χ3n) is 4.06. The van der Waals surface area contributed by atoms with Crippen molar-refractivity contribution in [1.82, 2.24) is 25.1 Å². The number of aromatic nitrogens is 4. The molecule has 0 aliphatic carbocycles. The second-order valence-electron chi connectivity index (χ2n) is 6.21. The standard InChI is InChI=1S/C15H20N6O/c1-15(2)6-3-7-17-13(15)14(22)20-11-4-5-12(18-8-11)21-10-16-9-19-21/h4-5,8-10,13,17H,3,6-7H2,1-2H3,(H,20,22). The van der Waals surface area contributed by atoms with Crippen LogP contribution in [0.2, 0.25) is 0 Å². The van der Waals surface area contributed by atoms with Gasteiger partial charge in [0.2, 0.25) is 5.91 Å². The van der Waals surface area contributed by atoms with Crippen molar-refractivity contribution in [2.45, 2.75) is 32.7 Å². The van der Waals surface area contributed by atoms with Gasteiger partial charge in [0.05, 0.1) is 17.9 Å². The lowest BCUT2D eigenvalue weighted by Crippen LogP contribution is -2.53. The molecule has 0 spiro atoms. The van der Waals surface area contributed by atoms with Gasteiger partial charge in [-0.3, -0.25) is 4.79 Å². The fraction of sp³-hybridized carbons (Fsp3) is 0.467. The van der Waals surface area contributed by atoms with E-state index in [0.717, 1.165) is 19.4 Å². The molecule has 1 aliphatic rings. The third-order valence-corrected chi connectivity index (χ3v) is 4.06. The summed E-state index contributed by atoms with van der Waals surface area (Å²) in [5, 5.41) is 10.3. The molecule has 7 nitrogen and oxygen atoms in total. The molecule has 7 heteroatoms. The molecular formula is C15H20N6O. The van der Waals surface area contributed by atoms with Crippen LogP contribution in [0.4, 0.5) is 5.69 Å². The van der Waals surface area contributed by atoms with E-state index in [4.69, 9.17) is 0 Å². The van der Waals surface area contributed by atoms with E-state index in [1.807, 2.05) is 6.07 Å². The Morgan fingerprint density at radius 1 is 1.45 bits per heavy atom. The molecule has 22 heavy (non-hydrogen) atoms. The molecule has 1 atom stereocenters. The number of carbonyl (C=O) groups is 1. The minimum absolute atomic E-state index is 0.0139. The van der Waals surface area contributed by atoms with Crippen LogP contribution in [0.3, 0.4) is 0 Å². The summed E-state index contributed by atoms with van der Waals surface area (Å²) in [5.41, 5.74) is 0.633. The summed E-state index contributed by atoms with van der Waals surface area (Å²) in [5.74, 6) is 0.645. The Morgan fingerprint density at radius 3 is 2.95 bits per heavy atom. The van der Waals surface area contributed by atoms with Crippen molar-refractivity contribution in [3.63, 3.8) is 0 Å². The van der Waals surface area contributed by atoms with Crippen molar-refractivity contribution in [3.8, 4) is 5.82 Å². The Kier molecular flexibility index (Phi) is 3.89. The molecule has 0 radical (unpaired) electrons. The lowest BCUT2D eigenvalue weighted by atomic mass is 9.77. The van der Waals surface area contributed by atoms with Gasteiger partial charge < -0.3 is 10.6 Å². The number of hydrogen-bond acceptors (Lipinski definition) is 5. The Balaban J connectivity index is 1.69. The maximum Gasteiger partial charge on any atom is 0.242 e. The number of nitrogens with one attached hydrogen (secondary N) is 2. The molecule has 1 amide bonds. The van der Waals surface area contributed by atoms with Crippen LogP contribution >= 0.6 is 0 Å². The maximum atomic E-state index is 12.5. The fourth-order valence-corrected chi connectivity index (χ4v) is 2.80. The van der Waals surface area contributed by atoms with E-state index < -0.39 is 0 Å². The molecule has 3 heterocycles. The lowest BCUT2D eigenvalue weighted by molar-refractivity contribution is -0.121. The summed E-state index contributed by atoms with van der Waals surface area (Å²) in [6, 6.07) is 3.43. The van der Waals surface area contributed by atoms with E-state index in [1.165, 1.54) is 6.33 Å². The molecule has 0 bridgehead atoms. The molecule has 116 valence electrons. The minimum atomic E-state index is -0.184. The van der Waals surface area contributed by atoms with Crippen molar-refractivity contribution in [2.75, 3.05) is 11.9 Å². The van der Waals surface area contributed by atoms with Gasteiger partial charge in [-0.05, 0) is 36.9 Å². The highest BCUT2D eigenvalue weighted by molar-refractivity contribution is 5.95. The van der Waals surface area contributed by atoms with Gasteiger partial charge in [-0.2, -0.15) is 5.10 Å². The monoisotopic (exact) mass is 300 g/mol. The number of rotatable bonds is 3. The van der Waals surface area contributed by atoms with Gasteiger partial charge in [-0.15, -0.1) is 0 Å². The van der Waals surface area contributed by atoms with Crippen molar-refractivity contribution in [1.29, 1.82) is 0 Å². The first-order valence-electron chi connectivity index (χ1n) is 7.41. The zero-order valence-electron chi connectivity index (χ0n) is 12.8. The smallest absolute Gasteiger partial charge is 0.242 e. The molecule has 2 aromatic heterocycles. The number of anilines is 1. The number of nitrogens with zero attached hydrogens (tertiary/aromatic N) is 4. The number of piperidine rings is 1. The quantitative estimate of drug-likeness (QED) is 0.894. The number of hydrogen-bond donors (Lipinski definition) is 2. The van der Waals surface area contributed by atoms with Crippen molar-refractivity contribution in [2.24, 2.45) is 5.41 Å². The van der Waals surface area contributed by atoms with E-state index in [9.17, 15) is 4.79 Å². The molecule has 0 saturated carbocycles. The molecule has 0 aromatic carbocycles. The van der Waals surface area contributed by atoms with Crippen LogP contribution in [0.25, 0.3) is 5.82 Å². The van der Waals surface area contributed by atoms with Crippen molar-refractivity contribution >= 4 is 11.6 Å². The van der Waals surface area contributed by atoms with Gasteiger partial charge in [0.15, 0.2) is 5.82 Å². The van der Waals surface area contributed by atoms with Crippen LogP contribution in [0.5, 0.6) is 0 Å². The van der Waals surface area contributed by atoms with Crippen LogP contribution < -0.4 is 10.6 Å². The van der Waals surface area contributed by atoms with Crippen LogP contribution in [0.1, 0.15) is 26.7 Å². The molecule has 1 unspecified atom stereocenters. The largest absolute Gasteiger partial charge is 0.323 e. The van der Waals surface area contributed by atoms with Crippen LogP contribution in [0, 0.1) is 5.41 Å². The van der Waals surface area contributed by atoms with E-state index in [1.54, 1.807) is 23.3 Å². The maximum absolute atomic E-state index is 12.5. The summed E-state index contributed by atoms with van der Waals surface area (Å²) >= 11 is 0. The first-order chi connectivity index (χ1) is 10.6. The Bertz CT molecular complexity index is 635. The van der Waals surface area contributed by atoms with Gasteiger partial charge in [0.25, 0.3) is 0 Å². The lowest BCUT2D eigenvalue weighted by Gasteiger charge is -2.38. The van der Waals surface area contributed by atoms with Gasteiger partial charge in [0.1, 0.15) is 12.7 Å². The third kappa shape index (κ3) is 2.99. The average molecular weight is 300 g/mol. The predicted octanol–water partition coefficient (Wildman–Crippen LogP) is 1.38. The molecule has 1 aliphatic heterocycles. The van der Waals surface area contributed by atoms with Gasteiger partial charge in [-0.1, -0.05) is 13.8 Å². The average Bonchev–Trinajstić information content (AvgIpc) is 3.01. The van der Waals surface area contributed by atoms with Crippen LogP contribution in [-0.4, -0.2) is 38.2 Å². The second kappa shape index (κ2) is 5.84. The zero-order valence-corrected chi connectivity index (χ0v) is 12.8. The van der Waals surface area contributed by atoms with E-state index in [-0.39, 0.29) is 17.4 Å². The topological polar surface area (TPSA) is 84.7 Å². The minimum Gasteiger partial charge on any atom is -0.323 e. The molecule has 1 saturated heterocycles. The molecule has 1 fully saturated rings. The predicted molar refractivity (Wildman–Crippen MR) is 82.6 cm³/mol. The zero-order chi connectivity index (χ0) is 15.6. The molecule has 2 N–H and O–H groups in total. The van der Waals surface area contributed by atoms with Crippen LogP contribution in [0.15, 0.2) is 31.0 Å². The number of pyridine rings is 1. The molecule has 3 rings (SSSR count). The van der Waals surface area contributed by atoms with Crippen LogP contribution in [-0.2, 0) is 4.79 Å². The summed E-state index contributed by atoms with van der Waals surface area (Å²) in [7, 11) is 0. The first kappa shape index (κ1) is 14.6. The highest BCUT2D eigenvalue weighted by Gasteiger charge is 2.37. The Labute approximate surface area is 129 Å². The highest BCUT2D eigenvalue weighted by atomic mass is 16.2. The van der Waals surface area contributed by atoms with Crippen molar-refractivity contribution in [3.05, 3.63) is 31.0 Å². The number of amides is 1. The summed E-state index contributed by atoms with van der Waals surface area (Å²) in [6.07, 6.45) is 6.81. The van der Waals surface area contributed by atoms with E-state index >= 15 is 0 Å². The highest BCUT2D eigenvalue weighted by Crippen LogP contribution is 2.30. The normalized spacial score (nSPS) is 20.5.